The van der Waals surface area contributed by atoms with Crippen molar-refractivity contribution < 1.29 is 9.32 Å². The van der Waals surface area contributed by atoms with Gasteiger partial charge >= 0.3 is 0 Å². The van der Waals surface area contributed by atoms with Crippen LogP contribution in [0.2, 0.25) is 10.3 Å². The van der Waals surface area contributed by atoms with Gasteiger partial charge in [-0.1, -0.05) is 37.6 Å². The highest BCUT2D eigenvalue weighted by molar-refractivity contribution is 7.85. The molecule has 1 aromatic carbocycles. The van der Waals surface area contributed by atoms with E-state index in [0.29, 0.717) is 27.0 Å². The van der Waals surface area contributed by atoms with E-state index in [1.807, 2.05) is 13.8 Å². The molecule has 0 aliphatic carbocycles. The summed E-state index contributed by atoms with van der Waals surface area (Å²) < 4.78 is 12.6. The Bertz CT molecular complexity index is 710. The molecule has 0 aliphatic heterocycles. The monoisotopic (exact) mass is 359 g/mol. The number of hydrogen-bond donors (Lipinski definition) is 2. The smallest absolute Gasteiger partial charge is 0.224 e. The fraction of sp³-hybridized carbons (Fsp3) is 0.286. The molecule has 0 bridgehead atoms. The van der Waals surface area contributed by atoms with Gasteiger partial charge in [-0.3, -0.25) is 4.21 Å². The number of aliphatic hydroxyl groups is 1. The zero-order valence-electron chi connectivity index (χ0n) is 12.0. The van der Waals surface area contributed by atoms with Crippen LogP contribution < -0.4 is 5.32 Å². The van der Waals surface area contributed by atoms with Gasteiger partial charge in [-0.05, 0) is 23.2 Å². The standard InChI is InChI=1S/C14H15Cl2N3O2S/c1-8(2)22(21)12-9(7-20)4-3-5-11(12)18-13-10(15)6-17-14(16)19-13/h3-6,8,20H,7H2,1-2H3,(H,17,18,19). The molecule has 0 spiro atoms. The van der Waals surface area contributed by atoms with Gasteiger partial charge in [0.25, 0.3) is 0 Å². The van der Waals surface area contributed by atoms with Crippen molar-refractivity contribution in [3.63, 3.8) is 0 Å². The van der Waals surface area contributed by atoms with E-state index in [9.17, 15) is 9.32 Å². The number of nitrogens with one attached hydrogen (secondary N) is 1. The minimum absolute atomic E-state index is 0.0525. The summed E-state index contributed by atoms with van der Waals surface area (Å²) in [6, 6.07) is 5.24. The fourth-order valence-electron chi connectivity index (χ4n) is 1.84. The molecular formula is C14H15Cl2N3O2S. The second-order valence-corrected chi connectivity index (χ2v) is 7.45. The Morgan fingerprint density at radius 2 is 2.09 bits per heavy atom. The van der Waals surface area contributed by atoms with Gasteiger partial charge in [0.05, 0.1) is 34.2 Å². The van der Waals surface area contributed by atoms with Crippen molar-refractivity contribution in [3.8, 4) is 0 Å². The average molecular weight is 360 g/mol. The second-order valence-electron chi connectivity index (χ2n) is 4.76. The molecule has 5 nitrogen and oxygen atoms in total. The Labute approximate surface area is 141 Å². The molecule has 0 aliphatic rings. The number of aromatic nitrogens is 2. The predicted molar refractivity (Wildman–Crippen MR) is 89.2 cm³/mol. The van der Waals surface area contributed by atoms with E-state index in [-0.39, 0.29) is 17.1 Å². The van der Waals surface area contributed by atoms with Crippen molar-refractivity contribution in [3.05, 3.63) is 40.3 Å². The number of aliphatic hydroxyl groups excluding tert-OH is 1. The maximum absolute atomic E-state index is 12.6. The molecule has 8 heteroatoms. The lowest BCUT2D eigenvalue weighted by atomic mass is 10.2. The molecular weight excluding hydrogens is 345 g/mol. The van der Waals surface area contributed by atoms with Crippen LogP contribution in [0.4, 0.5) is 11.5 Å². The van der Waals surface area contributed by atoms with E-state index in [4.69, 9.17) is 23.2 Å². The van der Waals surface area contributed by atoms with Crippen LogP contribution in [0.1, 0.15) is 19.4 Å². The first-order valence-electron chi connectivity index (χ1n) is 6.52. The lowest BCUT2D eigenvalue weighted by Gasteiger charge is -2.16. The Hall–Kier alpha value is -1.21. The molecule has 1 atom stereocenters. The van der Waals surface area contributed by atoms with Crippen LogP contribution in [0, 0.1) is 0 Å². The number of anilines is 2. The quantitative estimate of drug-likeness (QED) is 0.798. The number of hydrogen-bond acceptors (Lipinski definition) is 5. The highest BCUT2D eigenvalue weighted by Crippen LogP contribution is 2.31. The summed E-state index contributed by atoms with van der Waals surface area (Å²) in [4.78, 5) is 8.33. The summed E-state index contributed by atoms with van der Waals surface area (Å²) >= 11 is 11.8. The van der Waals surface area contributed by atoms with Crippen LogP contribution in [0.25, 0.3) is 0 Å². The highest BCUT2D eigenvalue weighted by Gasteiger charge is 2.18. The average Bonchev–Trinajstić information content (AvgIpc) is 2.49. The SMILES string of the molecule is CC(C)S(=O)c1c(CO)cccc1Nc1nc(Cl)ncc1Cl. The molecule has 0 saturated heterocycles. The molecule has 22 heavy (non-hydrogen) atoms. The third-order valence-electron chi connectivity index (χ3n) is 2.86. The summed E-state index contributed by atoms with van der Waals surface area (Å²) in [5, 5.41) is 12.8. The number of benzene rings is 1. The zero-order valence-corrected chi connectivity index (χ0v) is 14.3. The molecule has 0 fully saturated rings. The van der Waals surface area contributed by atoms with Crippen LogP contribution in [0.5, 0.6) is 0 Å². The van der Waals surface area contributed by atoms with Crippen molar-refractivity contribution in [1.29, 1.82) is 0 Å². The molecule has 0 radical (unpaired) electrons. The maximum atomic E-state index is 12.6. The van der Waals surface area contributed by atoms with E-state index in [1.165, 1.54) is 6.20 Å². The van der Waals surface area contributed by atoms with Crippen LogP contribution >= 0.6 is 23.2 Å². The Morgan fingerprint density at radius 3 is 2.73 bits per heavy atom. The largest absolute Gasteiger partial charge is 0.392 e. The Balaban J connectivity index is 2.51. The first-order valence-corrected chi connectivity index (χ1v) is 8.49. The fourth-order valence-corrected chi connectivity index (χ4v) is 3.31. The minimum Gasteiger partial charge on any atom is -0.392 e. The molecule has 1 heterocycles. The van der Waals surface area contributed by atoms with Crippen LogP contribution in [-0.4, -0.2) is 24.5 Å². The minimum atomic E-state index is -1.29. The Kier molecular flexibility index (Phi) is 5.74. The zero-order chi connectivity index (χ0) is 16.3. The molecule has 2 aromatic rings. The third-order valence-corrected chi connectivity index (χ3v) is 5.06. The molecule has 1 unspecified atom stereocenters. The first kappa shape index (κ1) is 17.1. The first-order chi connectivity index (χ1) is 10.4. The van der Waals surface area contributed by atoms with Gasteiger partial charge in [0.2, 0.25) is 5.28 Å². The molecule has 118 valence electrons. The van der Waals surface area contributed by atoms with Gasteiger partial charge in [0.1, 0.15) is 5.02 Å². The van der Waals surface area contributed by atoms with Crippen molar-refractivity contribution in [2.45, 2.75) is 30.6 Å². The third kappa shape index (κ3) is 3.76. The van der Waals surface area contributed by atoms with E-state index < -0.39 is 10.8 Å². The lowest BCUT2D eigenvalue weighted by molar-refractivity contribution is 0.279. The lowest BCUT2D eigenvalue weighted by Crippen LogP contribution is -2.11. The molecule has 2 rings (SSSR count). The van der Waals surface area contributed by atoms with Crippen LogP contribution in [-0.2, 0) is 17.4 Å². The van der Waals surface area contributed by atoms with Crippen LogP contribution in [0.3, 0.4) is 0 Å². The van der Waals surface area contributed by atoms with Crippen molar-refractivity contribution in [2.24, 2.45) is 0 Å². The molecule has 0 amide bonds. The van der Waals surface area contributed by atoms with Gasteiger partial charge in [0, 0.05) is 5.25 Å². The Morgan fingerprint density at radius 1 is 1.36 bits per heavy atom. The van der Waals surface area contributed by atoms with Gasteiger partial charge < -0.3 is 10.4 Å². The van der Waals surface area contributed by atoms with E-state index in [0.717, 1.165) is 0 Å². The van der Waals surface area contributed by atoms with Gasteiger partial charge in [-0.15, -0.1) is 0 Å². The van der Waals surface area contributed by atoms with Crippen LogP contribution in [0.15, 0.2) is 29.3 Å². The molecule has 0 saturated carbocycles. The van der Waals surface area contributed by atoms with Crippen molar-refractivity contribution in [2.75, 3.05) is 5.32 Å². The van der Waals surface area contributed by atoms with E-state index >= 15 is 0 Å². The molecule has 1 aromatic heterocycles. The molecule has 2 N–H and O–H groups in total. The number of rotatable bonds is 5. The highest BCUT2D eigenvalue weighted by atomic mass is 35.5. The topological polar surface area (TPSA) is 75.1 Å². The summed E-state index contributed by atoms with van der Waals surface area (Å²) in [7, 11) is -1.29. The summed E-state index contributed by atoms with van der Waals surface area (Å²) in [6.45, 7) is 3.49. The maximum Gasteiger partial charge on any atom is 0.224 e. The summed E-state index contributed by atoms with van der Waals surface area (Å²) in [5.41, 5.74) is 1.16. The van der Waals surface area contributed by atoms with E-state index in [2.05, 4.69) is 15.3 Å². The van der Waals surface area contributed by atoms with Gasteiger partial charge in [0.15, 0.2) is 5.82 Å². The van der Waals surface area contributed by atoms with Crippen molar-refractivity contribution >= 4 is 45.5 Å². The number of halogens is 2. The van der Waals surface area contributed by atoms with Crippen molar-refractivity contribution in [1.82, 2.24) is 9.97 Å². The second kappa shape index (κ2) is 7.37. The van der Waals surface area contributed by atoms with E-state index in [1.54, 1.807) is 18.2 Å². The summed E-state index contributed by atoms with van der Waals surface area (Å²) in [5.74, 6) is 0.318. The van der Waals surface area contributed by atoms with Gasteiger partial charge in [-0.25, -0.2) is 4.98 Å². The van der Waals surface area contributed by atoms with Gasteiger partial charge in [-0.2, -0.15) is 4.98 Å². The summed E-state index contributed by atoms with van der Waals surface area (Å²) in [6.07, 6.45) is 1.38. The normalized spacial score (nSPS) is 12.5. The predicted octanol–water partition coefficient (Wildman–Crippen LogP) is 3.54. The number of nitrogens with zero attached hydrogens (tertiary/aromatic N) is 2.